The summed E-state index contributed by atoms with van der Waals surface area (Å²) in [6, 6.07) is 0. The Morgan fingerprint density at radius 2 is 2.55 bits per heavy atom. The molecule has 0 saturated heterocycles. The molecule has 0 bridgehead atoms. The molecule has 2 aromatic rings. The maximum Gasteiger partial charge on any atom is 0.200 e. The van der Waals surface area contributed by atoms with E-state index in [-0.39, 0.29) is 0 Å². The number of thiophene rings is 1. The Bertz CT molecular complexity index is 377. The van der Waals surface area contributed by atoms with E-state index in [0.29, 0.717) is 0 Å². The second kappa shape index (κ2) is 2.23. The van der Waals surface area contributed by atoms with Gasteiger partial charge in [-0.15, -0.1) is 11.3 Å². The van der Waals surface area contributed by atoms with E-state index >= 15 is 0 Å². The first-order chi connectivity index (χ1) is 5.33. The number of fused-ring (bicyclic) bond motifs is 1. The molecule has 4 heteroatoms. The van der Waals surface area contributed by atoms with Crippen molar-refractivity contribution in [1.29, 1.82) is 0 Å². The first kappa shape index (κ1) is 6.67. The molecule has 58 valence electrons. The van der Waals surface area contributed by atoms with Crippen LogP contribution in [0.3, 0.4) is 0 Å². The predicted octanol–water partition coefficient (Wildman–Crippen LogP) is 2.03. The van der Waals surface area contributed by atoms with Crippen LogP contribution in [0.25, 0.3) is 10.3 Å². The summed E-state index contributed by atoms with van der Waals surface area (Å²) in [5, 5.41) is 3.65. The van der Waals surface area contributed by atoms with Gasteiger partial charge >= 0.3 is 0 Å². The van der Waals surface area contributed by atoms with Crippen molar-refractivity contribution in [2.75, 3.05) is 5.73 Å². The van der Waals surface area contributed by atoms with Gasteiger partial charge in [-0.1, -0.05) is 12.1 Å². The molecule has 2 N–H and O–H groups in total. The van der Waals surface area contributed by atoms with Gasteiger partial charge in [0.15, 0.2) is 0 Å². The van der Waals surface area contributed by atoms with Gasteiger partial charge in [0.2, 0.25) is 5.58 Å². The number of nitrogens with two attached hydrogens (primary N) is 1. The molecule has 0 aliphatic carbocycles. The lowest BCUT2D eigenvalue weighted by molar-refractivity contribution is 0.457. The molecule has 3 nitrogen and oxygen atoms in total. The van der Waals surface area contributed by atoms with Crippen molar-refractivity contribution in [3.63, 3.8) is 0 Å². The highest BCUT2D eigenvalue weighted by Gasteiger charge is 2.10. The van der Waals surface area contributed by atoms with Gasteiger partial charge in [-0.25, -0.2) is 0 Å². The van der Waals surface area contributed by atoms with Crippen LogP contribution in [0.5, 0.6) is 0 Å². The van der Waals surface area contributed by atoms with Crippen LogP contribution < -0.4 is 5.73 Å². The van der Waals surface area contributed by atoms with E-state index in [4.69, 9.17) is 10.3 Å². The molecule has 2 rings (SSSR count). The molecule has 0 fully saturated rings. The molecule has 11 heavy (non-hydrogen) atoms. The topological polar surface area (TPSA) is 52.0 Å². The number of anilines is 1. The van der Waals surface area contributed by atoms with Crippen LogP contribution in [0.15, 0.2) is 10.7 Å². The number of aromatic nitrogens is 1. The van der Waals surface area contributed by atoms with Crippen LogP contribution in [-0.4, -0.2) is 5.16 Å². The number of nitrogens with zero attached hydrogens (tertiary/aromatic N) is 1. The number of aryl methyl sites for hydroxylation is 1. The van der Waals surface area contributed by atoms with Gasteiger partial charge in [0.1, 0.15) is 0 Å². The van der Waals surface area contributed by atoms with E-state index in [2.05, 4.69) is 12.1 Å². The number of hydrogen-bond acceptors (Lipinski definition) is 4. The Kier molecular flexibility index (Phi) is 1.35. The summed E-state index contributed by atoms with van der Waals surface area (Å²) in [6.07, 6.45) is 2.66. The monoisotopic (exact) mass is 168 g/mol. The average molecular weight is 168 g/mol. The summed E-state index contributed by atoms with van der Waals surface area (Å²) in [5.74, 6) is 0. The maximum atomic E-state index is 5.77. The van der Waals surface area contributed by atoms with Gasteiger partial charge in [-0.3, -0.25) is 0 Å². The average Bonchev–Trinajstić information content (AvgIpc) is 2.53. The third-order valence-electron chi connectivity index (χ3n) is 1.64. The van der Waals surface area contributed by atoms with Crippen molar-refractivity contribution >= 4 is 27.3 Å². The Hall–Kier alpha value is -1.03. The first-order valence-electron chi connectivity index (χ1n) is 3.44. The zero-order valence-corrected chi connectivity index (χ0v) is 6.94. The van der Waals surface area contributed by atoms with Gasteiger partial charge in [0.25, 0.3) is 0 Å². The van der Waals surface area contributed by atoms with E-state index in [9.17, 15) is 0 Å². The molecule has 0 aliphatic rings. The Morgan fingerprint density at radius 1 is 1.73 bits per heavy atom. The zero-order valence-electron chi connectivity index (χ0n) is 6.13. The highest BCUT2D eigenvalue weighted by molar-refractivity contribution is 7.19. The molecule has 2 aromatic heterocycles. The van der Waals surface area contributed by atoms with Crippen LogP contribution in [0.1, 0.15) is 11.8 Å². The summed E-state index contributed by atoms with van der Waals surface area (Å²) >= 11 is 1.65. The minimum absolute atomic E-state index is 0.742. The lowest BCUT2D eigenvalue weighted by atomic mass is 10.3. The second-order valence-corrected chi connectivity index (χ2v) is 3.45. The molecule has 0 spiro atoms. The highest BCUT2D eigenvalue weighted by atomic mass is 32.1. The van der Waals surface area contributed by atoms with Gasteiger partial charge in [-0.2, -0.15) is 0 Å². The molecule has 0 unspecified atom stereocenters. The Balaban J connectivity index is 2.76. The van der Waals surface area contributed by atoms with Crippen molar-refractivity contribution in [3.8, 4) is 0 Å². The summed E-state index contributed by atoms with van der Waals surface area (Å²) in [4.78, 5) is 1.18. The van der Waals surface area contributed by atoms with Crippen LogP contribution in [0.2, 0.25) is 0 Å². The molecular weight excluding hydrogens is 160 g/mol. The zero-order chi connectivity index (χ0) is 7.84. The Morgan fingerprint density at radius 3 is 3.18 bits per heavy atom. The van der Waals surface area contributed by atoms with Crippen molar-refractivity contribution < 1.29 is 4.52 Å². The third-order valence-corrected chi connectivity index (χ3v) is 2.90. The van der Waals surface area contributed by atoms with Crippen LogP contribution >= 0.6 is 11.3 Å². The molecule has 0 aliphatic heterocycles. The fourth-order valence-electron chi connectivity index (χ4n) is 1.06. The summed E-state index contributed by atoms with van der Waals surface area (Å²) in [7, 11) is 0. The normalized spacial score (nSPS) is 11.0. The molecule has 0 amide bonds. The van der Waals surface area contributed by atoms with Crippen molar-refractivity contribution in [3.05, 3.63) is 11.1 Å². The Labute approximate surface area is 67.8 Å². The van der Waals surface area contributed by atoms with E-state index < -0.39 is 0 Å². The molecule has 0 radical (unpaired) electrons. The van der Waals surface area contributed by atoms with Crippen molar-refractivity contribution in [2.24, 2.45) is 0 Å². The lowest BCUT2D eigenvalue weighted by Gasteiger charge is -1.89. The largest absolute Gasteiger partial charge is 0.395 e. The van der Waals surface area contributed by atoms with Crippen molar-refractivity contribution in [2.45, 2.75) is 13.3 Å². The SMILES string of the molecule is CCc1sc2cnoc2c1N. The summed E-state index contributed by atoms with van der Waals surface area (Å²) in [6.45, 7) is 2.08. The van der Waals surface area contributed by atoms with Gasteiger partial charge in [-0.05, 0) is 6.42 Å². The fraction of sp³-hybridized carbons (Fsp3) is 0.286. The molecule has 2 heterocycles. The first-order valence-corrected chi connectivity index (χ1v) is 4.26. The van der Waals surface area contributed by atoms with Crippen LogP contribution in [-0.2, 0) is 6.42 Å². The van der Waals surface area contributed by atoms with E-state index in [1.807, 2.05) is 0 Å². The van der Waals surface area contributed by atoms with E-state index in [1.54, 1.807) is 17.5 Å². The van der Waals surface area contributed by atoms with Gasteiger partial charge in [0.05, 0.1) is 16.6 Å². The minimum atomic E-state index is 0.742. The highest BCUT2D eigenvalue weighted by Crippen LogP contribution is 2.33. The summed E-state index contributed by atoms with van der Waals surface area (Å²) in [5.41, 5.74) is 7.27. The quantitative estimate of drug-likeness (QED) is 0.708. The molecule has 0 atom stereocenters. The van der Waals surface area contributed by atoms with Crippen LogP contribution in [0.4, 0.5) is 5.69 Å². The van der Waals surface area contributed by atoms with Gasteiger partial charge in [0, 0.05) is 4.88 Å². The molecular formula is C7H8N2OS. The lowest BCUT2D eigenvalue weighted by Crippen LogP contribution is -1.85. The maximum absolute atomic E-state index is 5.77. The molecule has 0 aromatic carbocycles. The van der Waals surface area contributed by atoms with E-state index in [0.717, 1.165) is 22.4 Å². The molecule has 0 saturated carbocycles. The van der Waals surface area contributed by atoms with Crippen molar-refractivity contribution in [1.82, 2.24) is 5.16 Å². The number of rotatable bonds is 1. The minimum Gasteiger partial charge on any atom is -0.395 e. The second-order valence-electron chi connectivity index (χ2n) is 2.31. The van der Waals surface area contributed by atoms with Gasteiger partial charge < -0.3 is 10.3 Å². The van der Waals surface area contributed by atoms with Crippen LogP contribution in [0, 0.1) is 0 Å². The standard InChI is InChI=1S/C7H8N2OS/c1-2-4-6(8)7-5(11-4)3-9-10-7/h3H,2,8H2,1H3. The van der Waals surface area contributed by atoms with E-state index in [1.165, 1.54) is 4.88 Å². The fourth-order valence-corrected chi connectivity index (χ4v) is 2.01. The number of nitrogen functional groups attached to an aromatic ring is 1. The third kappa shape index (κ3) is 0.826. The summed E-state index contributed by atoms with van der Waals surface area (Å²) < 4.78 is 6.01. The number of hydrogen-bond donors (Lipinski definition) is 1. The smallest absolute Gasteiger partial charge is 0.200 e. The predicted molar refractivity (Wildman–Crippen MR) is 45.7 cm³/mol.